The Morgan fingerprint density at radius 2 is 2.17 bits per heavy atom. The number of esters is 1. The van der Waals surface area contributed by atoms with Crippen molar-refractivity contribution in [1.82, 2.24) is 19.6 Å². The van der Waals surface area contributed by atoms with Gasteiger partial charge in [0.15, 0.2) is 0 Å². The van der Waals surface area contributed by atoms with E-state index in [9.17, 15) is 14.0 Å². The molecule has 2 heterocycles. The van der Waals surface area contributed by atoms with E-state index in [2.05, 4.69) is 15.1 Å². The number of hydrogen-bond donors (Lipinski definition) is 1. The molecule has 0 bridgehead atoms. The fraction of sp³-hybridized carbons (Fsp3) is 0.250. The van der Waals surface area contributed by atoms with Crippen LogP contribution in [-0.2, 0) is 11.2 Å². The molecule has 3 aromatic rings. The van der Waals surface area contributed by atoms with Crippen molar-refractivity contribution in [3.05, 3.63) is 63.1 Å². The highest BCUT2D eigenvalue weighted by Gasteiger charge is 2.15. The molecule has 0 unspecified atom stereocenters. The van der Waals surface area contributed by atoms with Gasteiger partial charge in [-0.3, -0.25) is 9.89 Å². The summed E-state index contributed by atoms with van der Waals surface area (Å²) in [5.41, 5.74) is 1.22. The van der Waals surface area contributed by atoms with Crippen molar-refractivity contribution in [3.63, 3.8) is 0 Å². The van der Waals surface area contributed by atoms with Gasteiger partial charge >= 0.3 is 5.97 Å². The minimum Gasteiger partial charge on any atom is -0.462 e. The zero-order valence-electron chi connectivity index (χ0n) is 13.2. The molecule has 0 radical (unpaired) electrons. The second-order valence-electron chi connectivity index (χ2n) is 5.37. The summed E-state index contributed by atoms with van der Waals surface area (Å²) in [6.07, 6.45) is 1.55. The number of benzene rings is 1. The normalized spacial score (nSPS) is 11.0. The van der Waals surface area contributed by atoms with Gasteiger partial charge in [0.2, 0.25) is 0 Å². The Balaban J connectivity index is 1.72. The number of nitrogens with one attached hydrogen (secondary N) is 1. The number of ether oxygens (including phenoxy) is 1. The molecule has 0 saturated heterocycles. The van der Waals surface area contributed by atoms with Crippen LogP contribution in [0.3, 0.4) is 0 Å². The average molecular weight is 330 g/mol. The minimum absolute atomic E-state index is 0.0515. The smallest absolute Gasteiger partial charge is 0.341 e. The van der Waals surface area contributed by atoms with Gasteiger partial charge in [0.1, 0.15) is 12.1 Å². The van der Waals surface area contributed by atoms with Gasteiger partial charge < -0.3 is 4.74 Å². The number of nitrogens with zero attached hydrogens (tertiary/aromatic N) is 3. The van der Waals surface area contributed by atoms with E-state index in [-0.39, 0.29) is 29.9 Å². The van der Waals surface area contributed by atoms with Crippen molar-refractivity contribution in [2.75, 3.05) is 6.61 Å². The van der Waals surface area contributed by atoms with Crippen LogP contribution >= 0.6 is 0 Å². The molecule has 0 fully saturated rings. The molecule has 2 aromatic heterocycles. The van der Waals surface area contributed by atoms with Crippen LogP contribution in [0, 0.1) is 19.7 Å². The second kappa shape index (κ2) is 6.23. The summed E-state index contributed by atoms with van der Waals surface area (Å²) in [6, 6.07) is 4.28. The monoisotopic (exact) mass is 330 g/mol. The number of carbonyl (C=O) groups is 1. The third-order valence-corrected chi connectivity index (χ3v) is 3.66. The number of aryl methyl sites for hydroxylation is 2. The number of fused-ring (bicyclic) bond motifs is 1. The Bertz CT molecular complexity index is 977. The Morgan fingerprint density at radius 3 is 2.92 bits per heavy atom. The largest absolute Gasteiger partial charge is 0.462 e. The summed E-state index contributed by atoms with van der Waals surface area (Å²) in [7, 11) is 0. The molecule has 24 heavy (non-hydrogen) atoms. The van der Waals surface area contributed by atoms with Gasteiger partial charge in [0, 0.05) is 12.0 Å². The van der Waals surface area contributed by atoms with Gasteiger partial charge in [-0.15, -0.1) is 0 Å². The van der Waals surface area contributed by atoms with E-state index in [1.165, 1.54) is 23.0 Å². The van der Waals surface area contributed by atoms with E-state index in [1.54, 1.807) is 19.9 Å². The van der Waals surface area contributed by atoms with Gasteiger partial charge in [-0.25, -0.2) is 19.2 Å². The van der Waals surface area contributed by atoms with Gasteiger partial charge in [0.05, 0.1) is 17.9 Å². The SMILES string of the molecule is Cc1ccc(C(=O)OCCc2c(C)nc3nc[nH]n3c2=O)c(F)c1. The highest BCUT2D eigenvalue weighted by molar-refractivity contribution is 5.89. The number of aromatic nitrogens is 4. The lowest BCUT2D eigenvalue weighted by molar-refractivity contribution is 0.0503. The molecule has 0 aliphatic rings. The maximum atomic E-state index is 13.7. The quantitative estimate of drug-likeness (QED) is 0.734. The molecular formula is C16H15FN4O3. The predicted molar refractivity (Wildman–Crippen MR) is 83.5 cm³/mol. The van der Waals surface area contributed by atoms with Crippen LogP contribution in [0.5, 0.6) is 0 Å². The topological polar surface area (TPSA) is 89.3 Å². The number of carbonyl (C=O) groups excluding carboxylic acids is 1. The molecule has 0 aliphatic heterocycles. The minimum atomic E-state index is -0.763. The van der Waals surface area contributed by atoms with Crippen LogP contribution < -0.4 is 5.56 Å². The van der Waals surface area contributed by atoms with E-state index in [4.69, 9.17) is 4.74 Å². The summed E-state index contributed by atoms with van der Waals surface area (Å²) in [5.74, 6) is -1.11. The number of hydrogen-bond acceptors (Lipinski definition) is 5. The van der Waals surface area contributed by atoms with Crippen LogP contribution in [0.25, 0.3) is 5.78 Å². The van der Waals surface area contributed by atoms with Gasteiger partial charge in [-0.05, 0) is 31.5 Å². The van der Waals surface area contributed by atoms with Crippen LogP contribution in [-0.4, -0.2) is 32.2 Å². The van der Waals surface area contributed by atoms with Crippen molar-refractivity contribution in [1.29, 1.82) is 0 Å². The zero-order chi connectivity index (χ0) is 17.3. The molecule has 1 aromatic carbocycles. The van der Waals surface area contributed by atoms with E-state index in [0.29, 0.717) is 16.8 Å². The lowest BCUT2D eigenvalue weighted by Gasteiger charge is -2.07. The first-order valence-electron chi connectivity index (χ1n) is 7.32. The first kappa shape index (κ1) is 15.9. The van der Waals surface area contributed by atoms with E-state index in [0.717, 1.165) is 0 Å². The first-order valence-corrected chi connectivity index (χ1v) is 7.32. The molecular weight excluding hydrogens is 315 g/mol. The molecule has 0 aliphatic carbocycles. The third kappa shape index (κ3) is 2.90. The van der Waals surface area contributed by atoms with E-state index >= 15 is 0 Å². The summed E-state index contributed by atoms with van der Waals surface area (Å²) in [5, 5.41) is 2.67. The molecule has 7 nitrogen and oxygen atoms in total. The highest BCUT2D eigenvalue weighted by Crippen LogP contribution is 2.11. The van der Waals surface area contributed by atoms with Crippen molar-refractivity contribution >= 4 is 11.7 Å². The lowest BCUT2D eigenvalue weighted by Crippen LogP contribution is -2.23. The summed E-state index contributed by atoms with van der Waals surface area (Å²) in [4.78, 5) is 32.3. The number of H-pyrrole nitrogens is 1. The van der Waals surface area contributed by atoms with Gasteiger partial charge in [-0.2, -0.15) is 4.52 Å². The molecule has 1 N–H and O–H groups in total. The average Bonchev–Trinajstić information content (AvgIpc) is 2.98. The fourth-order valence-electron chi connectivity index (χ4n) is 2.39. The summed E-state index contributed by atoms with van der Waals surface area (Å²) < 4.78 is 20.0. The predicted octanol–water partition coefficient (Wildman–Crippen LogP) is 1.57. The van der Waals surface area contributed by atoms with Gasteiger partial charge in [-0.1, -0.05) is 6.07 Å². The Kier molecular flexibility index (Phi) is 4.11. The maximum absolute atomic E-state index is 13.7. The molecule has 8 heteroatoms. The third-order valence-electron chi connectivity index (χ3n) is 3.66. The van der Waals surface area contributed by atoms with Crippen LogP contribution in [0.15, 0.2) is 29.3 Å². The molecule has 0 saturated carbocycles. The Labute approximate surface area is 136 Å². The van der Waals surface area contributed by atoms with Crippen LogP contribution in [0.1, 0.15) is 27.2 Å². The Morgan fingerprint density at radius 1 is 1.38 bits per heavy atom. The summed E-state index contributed by atoms with van der Waals surface area (Å²) in [6.45, 7) is 3.37. The number of rotatable bonds is 4. The molecule has 0 atom stereocenters. The number of halogens is 1. The standard InChI is InChI=1S/C16H15FN4O3/c1-9-3-4-12(13(17)7-9)15(23)24-6-5-11-10(2)20-16-18-8-19-21(16)14(11)22/h3-4,7-8H,5-6H2,1-2H3,(H,18,19,20). The van der Waals surface area contributed by atoms with Crippen molar-refractivity contribution in [2.45, 2.75) is 20.3 Å². The lowest BCUT2D eigenvalue weighted by atomic mass is 10.1. The van der Waals surface area contributed by atoms with Crippen molar-refractivity contribution in [2.24, 2.45) is 0 Å². The van der Waals surface area contributed by atoms with E-state index < -0.39 is 11.8 Å². The van der Waals surface area contributed by atoms with Gasteiger partial charge in [0.25, 0.3) is 11.3 Å². The molecule has 0 amide bonds. The van der Waals surface area contributed by atoms with Crippen LogP contribution in [0.4, 0.5) is 4.39 Å². The highest BCUT2D eigenvalue weighted by atomic mass is 19.1. The Hall–Kier alpha value is -3.03. The molecule has 3 rings (SSSR count). The second-order valence-corrected chi connectivity index (χ2v) is 5.37. The molecule has 124 valence electrons. The van der Waals surface area contributed by atoms with E-state index in [1.807, 2.05) is 0 Å². The maximum Gasteiger partial charge on any atom is 0.341 e. The van der Waals surface area contributed by atoms with Crippen LogP contribution in [0.2, 0.25) is 0 Å². The number of aromatic amines is 1. The zero-order valence-corrected chi connectivity index (χ0v) is 13.2. The van der Waals surface area contributed by atoms with Crippen molar-refractivity contribution < 1.29 is 13.9 Å². The molecule has 0 spiro atoms. The first-order chi connectivity index (χ1) is 11.5. The summed E-state index contributed by atoms with van der Waals surface area (Å²) >= 11 is 0. The fourth-order valence-corrected chi connectivity index (χ4v) is 2.39. The van der Waals surface area contributed by atoms with Crippen molar-refractivity contribution in [3.8, 4) is 0 Å².